The minimum Gasteiger partial charge on any atom is -0.505 e. The molecule has 0 fully saturated rings. The van der Waals surface area contributed by atoms with E-state index in [1.54, 1.807) is 54.6 Å². The van der Waals surface area contributed by atoms with E-state index < -0.39 is 26.5 Å². The van der Waals surface area contributed by atoms with Crippen LogP contribution >= 0.6 is 12.0 Å². The minimum absolute atomic E-state index is 0.0386. The zero-order chi connectivity index (χ0) is 43.6. The number of nitrogens with one attached hydrogen (secondary N) is 2. The summed E-state index contributed by atoms with van der Waals surface area (Å²) in [5.74, 6) is -1.14. The molecule has 0 aliphatic heterocycles. The molecule has 23 heteroatoms. The molecule has 0 aliphatic carbocycles. The summed E-state index contributed by atoms with van der Waals surface area (Å²) in [6.07, 6.45) is 0. The van der Waals surface area contributed by atoms with Crippen LogP contribution in [0.1, 0.15) is 13.8 Å². The van der Waals surface area contributed by atoms with Crippen molar-refractivity contribution in [3.63, 3.8) is 0 Å². The SMILES string of the molecule is COc1cc(-n2on2-c2ccc(N=Nc3c(S(=O)(=O)O)cc4ccc(NC(C)=O)cc4c3O)c(OC)c2)ccc1N=Nc1c(SOOO)cc2ccc(NC(C)=O)cc2c1O. The van der Waals surface area contributed by atoms with Crippen LogP contribution in [0.5, 0.6) is 23.0 Å². The van der Waals surface area contributed by atoms with Gasteiger partial charge in [0.1, 0.15) is 50.5 Å². The van der Waals surface area contributed by atoms with Crippen LogP contribution in [-0.2, 0) is 29.1 Å². The van der Waals surface area contributed by atoms with Gasteiger partial charge >= 0.3 is 0 Å². The molecule has 0 aliphatic rings. The maximum atomic E-state index is 12.3. The molecule has 21 nitrogen and oxygen atoms in total. The molecule has 0 atom stereocenters. The van der Waals surface area contributed by atoms with Crippen molar-refractivity contribution in [3.05, 3.63) is 84.9 Å². The van der Waals surface area contributed by atoms with E-state index in [-0.39, 0.29) is 61.8 Å². The van der Waals surface area contributed by atoms with Gasteiger partial charge in [0.15, 0.2) is 11.5 Å². The molecule has 6 aromatic carbocycles. The zero-order valence-corrected chi connectivity index (χ0v) is 33.7. The fourth-order valence-corrected chi connectivity index (χ4v) is 7.21. The van der Waals surface area contributed by atoms with E-state index in [0.29, 0.717) is 45.6 Å². The third-order valence-corrected chi connectivity index (χ3v) is 10.2. The summed E-state index contributed by atoms with van der Waals surface area (Å²) in [7, 11) is -2.10. The molecule has 0 bridgehead atoms. The Hall–Kier alpha value is -7.28. The Bertz CT molecular complexity index is 3030. The number of amides is 2. The number of carbonyl (C=O) groups excluding carboxylic acids is 2. The topological polar surface area (TPSA) is 283 Å². The standard InChI is InChI=1S/C38H32N8O13S2/c1-19(47)39-23-7-5-21-13-33(60-59-58-51)35(37(49)27(21)15-23)43-41-29-11-9-25(17-31(29)55-3)45-46(57-45)26-10-12-30(32(18-26)56-4)42-44-36-34(61(52,53)54)14-22-6-8-24(40-20(2)48)16-28(22)38(36)50/h5-18,49-51H,1-4H3,(H,39,47)(H,40,48)(H,52,53,54). The van der Waals surface area contributed by atoms with Gasteiger partial charge in [-0.2, -0.15) is 8.42 Å². The largest absolute Gasteiger partial charge is 0.505 e. The summed E-state index contributed by atoms with van der Waals surface area (Å²) in [4.78, 5) is 25.5. The van der Waals surface area contributed by atoms with Crippen LogP contribution in [0.25, 0.3) is 32.9 Å². The molecule has 7 rings (SSSR count). The number of aromatic hydroxyl groups is 2. The van der Waals surface area contributed by atoms with Crippen molar-refractivity contribution in [2.45, 2.75) is 23.6 Å². The Balaban J connectivity index is 1.16. The number of ether oxygens (including phenoxy) is 2. The minimum atomic E-state index is -4.88. The molecular formula is C38H32N8O13S2. The highest BCUT2D eigenvalue weighted by atomic mass is 32.2. The fraction of sp³-hybridized carbons (Fsp3) is 0.105. The van der Waals surface area contributed by atoms with E-state index in [1.165, 1.54) is 62.0 Å². The number of carbonyl (C=O) groups is 2. The van der Waals surface area contributed by atoms with E-state index in [2.05, 4.69) is 40.5 Å². The number of fused-ring (bicyclic) bond motifs is 2. The number of methoxy groups -OCH3 is 2. The molecule has 0 radical (unpaired) electrons. The van der Waals surface area contributed by atoms with Gasteiger partial charge in [0, 0.05) is 48.1 Å². The Labute approximate surface area is 348 Å². The predicted molar refractivity (Wildman–Crippen MR) is 219 cm³/mol. The van der Waals surface area contributed by atoms with Gasteiger partial charge in [0.05, 0.1) is 31.2 Å². The molecule has 7 aromatic rings. The molecule has 1 heterocycles. The normalized spacial score (nSPS) is 11.9. The summed E-state index contributed by atoms with van der Waals surface area (Å²) >= 11 is 0.570. The maximum Gasteiger partial charge on any atom is 0.296 e. The second-order valence-corrected chi connectivity index (χ2v) is 15.0. The average Bonchev–Trinajstić information content (AvgIpc) is 4.03. The molecule has 0 unspecified atom stereocenters. The highest BCUT2D eigenvalue weighted by Gasteiger charge is 2.24. The number of hydrogen-bond acceptors (Lipinski definition) is 17. The van der Waals surface area contributed by atoms with Gasteiger partial charge in [0.25, 0.3) is 10.1 Å². The van der Waals surface area contributed by atoms with Gasteiger partial charge in [-0.1, -0.05) is 26.9 Å². The molecule has 61 heavy (non-hydrogen) atoms. The zero-order valence-electron chi connectivity index (χ0n) is 32.0. The molecule has 6 N–H and O–H groups in total. The van der Waals surface area contributed by atoms with E-state index in [1.807, 2.05) is 0 Å². The molecular weight excluding hydrogens is 841 g/mol. The first-order valence-electron chi connectivity index (χ1n) is 17.4. The smallest absolute Gasteiger partial charge is 0.296 e. The van der Waals surface area contributed by atoms with Crippen LogP contribution < -0.4 is 20.1 Å². The number of benzene rings is 6. The van der Waals surface area contributed by atoms with Crippen molar-refractivity contribution >= 4 is 89.6 Å². The third kappa shape index (κ3) is 9.01. The molecule has 0 saturated carbocycles. The third-order valence-electron chi connectivity index (χ3n) is 8.76. The Morgan fingerprint density at radius 1 is 0.689 bits per heavy atom. The van der Waals surface area contributed by atoms with Crippen LogP contribution in [0, 0.1) is 0 Å². The van der Waals surface area contributed by atoms with E-state index in [4.69, 9.17) is 19.4 Å². The van der Waals surface area contributed by atoms with Crippen molar-refractivity contribution in [3.8, 4) is 34.4 Å². The number of azo groups is 2. The number of aromatic nitrogens is 2. The van der Waals surface area contributed by atoms with Gasteiger partial charge in [-0.05, 0) is 71.4 Å². The van der Waals surface area contributed by atoms with Crippen LogP contribution in [0.4, 0.5) is 34.1 Å². The number of phenolic OH excluding ortho intramolecular Hbond substituents is 2. The molecule has 2 amide bonds. The van der Waals surface area contributed by atoms with Gasteiger partial charge in [0.2, 0.25) is 11.8 Å². The number of rotatable bonds is 14. The highest BCUT2D eigenvalue weighted by Crippen LogP contribution is 2.46. The van der Waals surface area contributed by atoms with Gasteiger partial charge < -0.3 is 30.3 Å². The lowest BCUT2D eigenvalue weighted by atomic mass is 10.1. The van der Waals surface area contributed by atoms with Crippen molar-refractivity contribution < 1.29 is 61.5 Å². The quantitative estimate of drug-likeness (QED) is 0.0195. The summed E-state index contributed by atoms with van der Waals surface area (Å²) < 4.78 is 56.0. The number of hydrogen-bond donors (Lipinski definition) is 6. The lowest BCUT2D eigenvalue weighted by molar-refractivity contribution is -0.432. The summed E-state index contributed by atoms with van der Waals surface area (Å²) in [6, 6.07) is 21.5. The first-order valence-corrected chi connectivity index (χ1v) is 19.6. The molecule has 0 saturated heterocycles. The van der Waals surface area contributed by atoms with Crippen LogP contribution in [0.15, 0.2) is 120 Å². The fourth-order valence-electron chi connectivity index (χ4n) is 6.05. The number of anilines is 2. The second-order valence-electron chi connectivity index (χ2n) is 12.8. The van der Waals surface area contributed by atoms with Crippen molar-refractivity contribution in [2.24, 2.45) is 20.5 Å². The van der Waals surface area contributed by atoms with Gasteiger partial charge in [-0.3, -0.25) is 14.1 Å². The summed E-state index contributed by atoms with van der Waals surface area (Å²) in [5.41, 5.74) is 1.51. The maximum absolute atomic E-state index is 12.3. The van der Waals surface area contributed by atoms with Crippen molar-refractivity contribution in [1.82, 2.24) is 9.71 Å². The molecule has 314 valence electrons. The van der Waals surface area contributed by atoms with E-state index in [9.17, 15) is 32.8 Å². The molecule has 1 aromatic heterocycles. The highest BCUT2D eigenvalue weighted by molar-refractivity contribution is 7.94. The first-order chi connectivity index (χ1) is 29.2. The van der Waals surface area contributed by atoms with Gasteiger partial charge in [-0.25, -0.2) is 9.89 Å². The Morgan fingerprint density at radius 2 is 1.18 bits per heavy atom. The Morgan fingerprint density at radius 3 is 1.66 bits per heavy atom. The number of nitrogens with zero attached hydrogens (tertiary/aromatic N) is 6. The first kappa shape index (κ1) is 41.9. The van der Waals surface area contributed by atoms with Crippen LogP contribution in [0.2, 0.25) is 0 Å². The summed E-state index contributed by atoms with van der Waals surface area (Å²) in [5, 5.41) is 58.0. The van der Waals surface area contributed by atoms with Crippen LogP contribution in [-0.4, -0.2) is 64.2 Å². The van der Waals surface area contributed by atoms with E-state index in [0.717, 1.165) is 6.07 Å². The van der Waals surface area contributed by atoms with Crippen molar-refractivity contribution in [1.29, 1.82) is 0 Å². The van der Waals surface area contributed by atoms with Gasteiger partial charge in [-0.15, -0.1) is 24.8 Å². The monoisotopic (exact) mass is 872 g/mol. The predicted octanol–water partition coefficient (Wildman–Crippen LogP) is 9.02. The lowest BCUT2D eigenvalue weighted by Crippen LogP contribution is -2.05. The summed E-state index contributed by atoms with van der Waals surface area (Å²) in [6.45, 7) is 2.66. The van der Waals surface area contributed by atoms with Crippen molar-refractivity contribution in [2.75, 3.05) is 24.9 Å². The average molecular weight is 873 g/mol. The lowest BCUT2D eigenvalue weighted by Gasteiger charge is -2.11. The second kappa shape index (κ2) is 17.1. The Kier molecular flexibility index (Phi) is 11.8. The van der Waals surface area contributed by atoms with E-state index >= 15 is 0 Å². The number of phenols is 2. The van der Waals surface area contributed by atoms with Crippen LogP contribution in [0.3, 0.4) is 0 Å². The molecule has 0 spiro atoms.